The summed E-state index contributed by atoms with van der Waals surface area (Å²) in [5.41, 5.74) is 0. The number of quaternary nitrogens is 1. The molecule has 0 spiro atoms. The van der Waals surface area contributed by atoms with Crippen LogP contribution in [0, 0.1) is 6.42 Å². The maximum atomic E-state index is 2.52. The minimum Gasteiger partial charge on any atom is -0.353 e. The summed E-state index contributed by atoms with van der Waals surface area (Å²) in [7, 11) is 4.77. The molecule has 0 saturated heterocycles. The summed E-state index contributed by atoms with van der Waals surface area (Å²) in [6.07, 6.45) is 17.9. The lowest BCUT2D eigenvalue weighted by molar-refractivity contribution is -0.886. The Labute approximate surface area is 135 Å². The van der Waals surface area contributed by atoms with E-state index in [0.29, 0.717) is 0 Å². The lowest BCUT2D eigenvalue weighted by atomic mass is 10.1. The van der Waals surface area contributed by atoms with Crippen molar-refractivity contribution in [1.29, 1.82) is 0 Å². The van der Waals surface area contributed by atoms with Crippen LogP contribution in [-0.4, -0.2) is 31.7 Å². The third-order valence-corrected chi connectivity index (χ3v) is 4.00. The molecule has 0 aromatic carbocycles. The fourth-order valence-electron chi connectivity index (χ4n) is 2.57. The molecular weight excluding hydrogens is 266 g/mol. The van der Waals surface area contributed by atoms with Crippen LogP contribution in [0.3, 0.4) is 0 Å². The van der Waals surface area contributed by atoms with Crippen molar-refractivity contribution in [2.75, 3.05) is 27.2 Å². The molecule has 1 nitrogen and oxygen atoms in total. The van der Waals surface area contributed by atoms with Crippen molar-refractivity contribution < 1.29 is 4.48 Å². The minimum absolute atomic E-state index is 0. The Morgan fingerprint density at radius 2 is 1.20 bits per heavy atom. The Morgan fingerprint density at radius 3 is 1.80 bits per heavy atom. The fourth-order valence-corrected chi connectivity index (χ4v) is 2.57. The van der Waals surface area contributed by atoms with Crippen LogP contribution >= 0.6 is 12.4 Å². The summed E-state index contributed by atoms with van der Waals surface area (Å²) in [5, 5.41) is 0. The van der Waals surface area contributed by atoms with E-state index in [-0.39, 0.29) is 12.4 Å². The Bertz CT molecular complexity index is 162. The van der Waals surface area contributed by atoms with Crippen LogP contribution in [0.5, 0.6) is 0 Å². The Kier molecular flexibility index (Phi) is 17.6. The van der Waals surface area contributed by atoms with Gasteiger partial charge >= 0.3 is 0 Å². The van der Waals surface area contributed by atoms with Gasteiger partial charge in [0.05, 0.1) is 20.6 Å². The molecule has 0 heterocycles. The third kappa shape index (κ3) is 16.3. The molecular formula is C18H40ClN. The highest BCUT2D eigenvalue weighted by molar-refractivity contribution is 5.85. The van der Waals surface area contributed by atoms with Gasteiger partial charge in [-0.25, -0.2) is 0 Å². The first-order chi connectivity index (χ1) is 9.12. The van der Waals surface area contributed by atoms with Gasteiger partial charge in [0, 0.05) is 0 Å². The Morgan fingerprint density at radius 1 is 0.700 bits per heavy atom. The van der Waals surface area contributed by atoms with Crippen molar-refractivity contribution in [3.05, 3.63) is 6.42 Å². The van der Waals surface area contributed by atoms with Gasteiger partial charge in [-0.1, -0.05) is 65.2 Å². The van der Waals surface area contributed by atoms with Gasteiger partial charge < -0.3 is 4.48 Å². The van der Waals surface area contributed by atoms with Crippen LogP contribution in [-0.2, 0) is 0 Å². The van der Waals surface area contributed by atoms with E-state index in [4.69, 9.17) is 0 Å². The molecule has 0 fully saturated rings. The molecule has 0 radical (unpaired) electrons. The van der Waals surface area contributed by atoms with Crippen molar-refractivity contribution in [2.45, 2.75) is 84.5 Å². The summed E-state index contributed by atoms with van der Waals surface area (Å²) in [5.74, 6) is 0. The topological polar surface area (TPSA) is 0 Å². The number of hydrogen-bond acceptors (Lipinski definition) is 0. The summed E-state index contributed by atoms with van der Waals surface area (Å²) in [6.45, 7) is 7.17. The molecule has 0 saturated carbocycles. The lowest BCUT2D eigenvalue weighted by Gasteiger charge is -2.34. The van der Waals surface area contributed by atoms with Crippen molar-refractivity contribution in [2.24, 2.45) is 0 Å². The second-order valence-corrected chi connectivity index (χ2v) is 6.75. The van der Waals surface area contributed by atoms with E-state index in [1.807, 2.05) is 0 Å². The second kappa shape index (κ2) is 15.6. The maximum absolute atomic E-state index is 2.52. The maximum Gasteiger partial charge on any atom is 0.0762 e. The zero-order valence-electron chi connectivity index (χ0n) is 14.6. The van der Waals surface area contributed by atoms with E-state index in [9.17, 15) is 0 Å². The zero-order chi connectivity index (χ0) is 14.4. The van der Waals surface area contributed by atoms with Gasteiger partial charge in [-0.3, -0.25) is 6.42 Å². The van der Waals surface area contributed by atoms with Crippen molar-refractivity contribution in [3.8, 4) is 0 Å². The van der Waals surface area contributed by atoms with Crippen LogP contribution in [0.25, 0.3) is 0 Å². The summed E-state index contributed by atoms with van der Waals surface area (Å²) in [4.78, 5) is 0. The van der Waals surface area contributed by atoms with E-state index in [0.717, 1.165) is 0 Å². The van der Waals surface area contributed by atoms with Crippen LogP contribution in [0.15, 0.2) is 0 Å². The number of unbranched alkanes of at least 4 members (excludes halogenated alkanes) is 10. The smallest absolute Gasteiger partial charge is 0.0762 e. The van der Waals surface area contributed by atoms with E-state index in [1.165, 1.54) is 88.2 Å². The van der Waals surface area contributed by atoms with E-state index in [1.54, 1.807) is 0 Å². The largest absolute Gasteiger partial charge is 0.353 e. The van der Waals surface area contributed by atoms with Crippen molar-refractivity contribution in [3.63, 3.8) is 0 Å². The molecule has 0 amide bonds. The zero-order valence-corrected chi connectivity index (χ0v) is 15.4. The first-order valence-electron chi connectivity index (χ1n) is 8.76. The highest BCUT2D eigenvalue weighted by Gasteiger charge is 2.08. The first-order valence-corrected chi connectivity index (χ1v) is 8.76. The molecule has 0 aliphatic carbocycles. The molecule has 0 aromatic heterocycles. The number of halogens is 1. The molecule has 0 N–H and O–H groups in total. The van der Waals surface area contributed by atoms with Crippen LogP contribution < -0.4 is 0 Å². The highest BCUT2D eigenvalue weighted by Crippen LogP contribution is 2.10. The predicted octanol–water partition coefficient (Wildman–Crippen LogP) is 6.02. The monoisotopic (exact) mass is 305 g/mol. The molecule has 124 valence electrons. The average molecular weight is 306 g/mol. The number of hydrogen-bond donors (Lipinski definition) is 0. The SMILES string of the molecule is CCCCCC[CH-]C[N+](C)(C)CCCCCCCC.Cl. The van der Waals surface area contributed by atoms with Crippen molar-refractivity contribution in [1.82, 2.24) is 0 Å². The van der Waals surface area contributed by atoms with Crippen molar-refractivity contribution >= 4 is 12.4 Å². The van der Waals surface area contributed by atoms with Gasteiger partial charge in [-0.2, -0.15) is 6.42 Å². The minimum atomic E-state index is 0. The highest BCUT2D eigenvalue weighted by atomic mass is 35.5. The summed E-state index contributed by atoms with van der Waals surface area (Å²) >= 11 is 0. The third-order valence-electron chi connectivity index (χ3n) is 4.00. The van der Waals surface area contributed by atoms with E-state index < -0.39 is 0 Å². The molecule has 0 bridgehead atoms. The second-order valence-electron chi connectivity index (χ2n) is 6.75. The Hall–Kier alpha value is 0.250. The molecule has 0 unspecified atom stereocenters. The van der Waals surface area contributed by atoms with Gasteiger partial charge in [-0.05, 0) is 19.4 Å². The van der Waals surface area contributed by atoms with Crippen LogP contribution in [0.1, 0.15) is 84.5 Å². The van der Waals surface area contributed by atoms with Gasteiger partial charge in [0.2, 0.25) is 0 Å². The van der Waals surface area contributed by atoms with Gasteiger partial charge in [0.25, 0.3) is 0 Å². The van der Waals surface area contributed by atoms with Gasteiger partial charge in [0.1, 0.15) is 0 Å². The molecule has 0 aliphatic heterocycles. The lowest BCUT2D eigenvalue weighted by Crippen LogP contribution is -2.41. The van der Waals surface area contributed by atoms with E-state index in [2.05, 4.69) is 34.4 Å². The normalized spacial score (nSPS) is 11.4. The molecule has 0 atom stereocenters. The number of nitrogens with zero attached hydrogens (tertiary/aromatic N) is 1. The quantitative estimate of drug-likeness (QED) is 0.209. The van der Waals surface area contributed by atoms with Crippen LogP contribution in [0.2, 0.25) is 0 Å². The molecule has 2 heteroatoms. The van der Waals surface area contributed by atoms with Gasteiger partial charge in [-0.15, -0.1) is 12.4 Å². The average Bonchev–Trinajstić information content (AvgIpc) is 2.38. The summed E-state index contributed by atoms with van der Waals surface area (Å²) in [6, 6.07) is 0. The molecule has 0 aliphatic rings. The first kappa shape index (κ1) is 22.5. The molecule has 20 heavy (non-hydrogen) atoms. The predicted molar refractivity (Wildman–Crippen MR) is 95.5 cm³/mol. The Balaban J connectivity index is 0. The van der Waals surface area contributed by atoms with E-state index >= 15 is 0 Å². The van der Waals surface area contributed by atoms with Crippen LogP contribution in [0.4, 0.5) is 0 Å². The van der Waals surface area contributed by atoms with Gasteiger partial charge in [0.15, 0.2) is 0 Å². The standard InChI is InChI=1S/C18H39N.ClH/c1-5-7-9-11-13-15-17-19(3,4)18-16-14-12-10-8-6-2;/h15H,5-14,16-18H2,1-4H3;1H. The number of rotatable bonds is 14. The summed E-state index contributed by atoms with van der Waals surface area (Å²) < 4.78 is 1.18. The molecule has 0 rings (SSSR count). The fraction of sp³-hybridized carbons (Fsp3) is 0.944. The molecule has 0 aromatic rings.